The number of hydrogen-bond acceptors (Lipinski definition) is 5. The molecule has 10 heteroatoms. The van der Waals surface area contributed by atoms with Crippen LogP contribution in [0.2, 0.25) is 0 Å². The van der Waals surface area contributed by atoms with Crippen molar-refractivity contribution in [2.24, 2.45) is 11.5 Å². The molecule has 0 saturated carbocycles. The van der Waals surface area contributed by atoms with Gasteiger partial charge in [-0.3, -0.25) is 4.79 Å². The SMILES string of the molecule is CCC[C@@H](NC(N)=O)C(=O)Nc1cccc(S(=O)(=O)NCCN)c1. The lowest BCUT2D eigenvalue weighted by molar-refractivity contribution is -0.118. The smallest absolute Gasteiger partial charge is 0.312 e. The maximum absolute atomic E-state index is 12.2. The number of hydrogen-bond donors (Lipinski definition) is 5. The number of nitrogens with one attached hydrogen (secondary N) is 3. The number of anilines is 1. The number of sulfonamides is 1. The Morgan fingerprint density at radius 3 is 2.58 bits per heavy atom. The normalized spacial score (nSPS) is 12.4. The zero-order chi connectivity index (χ0) is 18.2. The molecule has 0 aliphatic carbocycles. The van der Waals surface area contributed by atoms with Crippen molar-refractivity contribution in [1.82, 2.24) is 10.0 Å². The molecule has 1 aromatic rings. The van der Waals surface area contributed by atoms with Crippen molar-refractivity contribution in [2.75, 3.05) is 18.4 Å². The Morgan fingerprint density at radius 2 is 2.00 bits per heavy atom. The standard InChI is InChI=1S/C14H23N5O4S/c1-2-4-12(19-14(16)21)13(20)18-10-5-3-6-11(9-10)24(22,23)17-8-7-15/h3,5-6,9,12,17H,2,4,7-8,15H2,1H3,(H,18,20)(H3,16,19,21)/t12-/m1/s1. The van der Waals surface area contributed by atoms with Crippen LogP contribution < -0.4 is 26.8 Å². The largest absolute Gasteiger partial charge is 0.352 e. The summed E-state index contributed by atoms with van der Waals surface area (Å²) in [5.74, 6) is -0.472. The molecule has 0 aliphatic rings. The van der Waals surface area contributed by atoms with Crippen molar-refractivity contribution in [2.45, 2.75) is 30.7 Å². The lowest BCUT2D eigenvalue weighted by Gasteiger charge is -2.17. The van der Waals surface area contributed by atoms with Crippen LogP contribution in [-0.2, 0) is 14.8 Å². The minimum absolute atomic E-state index is 0.00338. The average molecular weight is 357 g/mol. The molecular weight excluding hydrogens is 334 g/mol. The van der Waals surface area contributed by atoms with Gasteiger partial charge in [-0.1, -0.05) is 19.4 Å². The molecule has 0 saturated heterocycles. The molecule has 0 radical (unpaired) electrons. The average Bonchev–Trinajstić information content (AvgIpc) is 2.52. The Kier molecular flexibility index (Phi) is 7.62. The predicted molar refractivity (Wildman–Crippen MR) is 90.7 cm³/mol. The third-order valence-electron chi connectivity index (χ3n) is 3.06. The summed E-state index contributed by atoms with van der Waals surface area (Å²) in [5.41, 5.74) is 10.6. The quantitative estimate of drug-likeness (QED) is 0.410. The maximum Gasteiger partial charge on any atom is 0.312 e. The summed E-state index contributed by atoms with van der Waals surface area (Å²) in [6.07, 6.45) is 1.07. The molecular formula is C14H23N5O4S. The highest BCUT2D eigenvalue weighted by Gasteiger charge is 2.20. The van der Waals surface area contributed by atoms with Crippen LogP contribution in [0.15, 0.2) is 29.2 Å². The van der Waals surface area contributed by atoms with Crippen molar-refractivity contribution >= 4 is 27.6 Å². The third-order valence-corrected chi connectivity index (χ3v) is 4.52. The van der Waals surface area contributed by atoms with Gasteiger partial charge in [0.15, 0.2) is 0 Å². The van der Waals surface area contributed by atoms with E-state index in [0.717, 1.165) is 0 Å². The summed E-state index contributed by atoms with van der Waals surface area (Å²) in [5, 5.41) is 4.93. The van der Waals surface area contributed by atoms with Gasteiger partial charge in [0.1, 0.15) is 6.04 Å². The Balaban J connectivity index is 2.89. The number of carbonyl (C=O) groups excluding carboxylic acids is 2. The second kappa shape index (κ2) is 9.21. The van der Waals surface area contributed by atoms with E-state index in [-0.39, 0.29) is 18.0 Å². The minimum atomic E-state index is -3.70. The fourth-order valence-corrected chi connectivity index (χ4v) is 3.07. The summed E-state index contributed by atoms with van der Waals surface area (Å²) in [7, 11) is -3.70. The molecule has 1 rings (SSSR count). The molecule has 24 heavy (non-hydrogen) atoms. The maximum atomic E-state index is 12.2. The van der Waals surface area contributed by atoms with Gasteiger partial charge in [0.25, 0.3) is 0 Å². The monoisotopic (exact) mass is 357 g/mol. The van der Waals surface area contributed by atoms with Gasteiger partial charge < -0.3 is 22.1 Å². The van der Waals surface area contributed by atoms with E-state index in [2.05, 4.69) is 15.4 Å². The van der Waals surface area contributed by atoms with E-state index in [1.54, 1.807) is 6.07 Å². The minimum Gasteiger partial charge on any atom is -0.352 e. The highest BCUT2D eigenvalue weighted by Crippen LogP contribution is 2.16. The van der Waals surface area contributed by atoms with E-state index in [1.807, 2.05) is 6.92 Å². The van der Waals surface area contributed by atoms with Crippen LogP contribution in [0.3, 0.4) is 0 Å². The summed E-state index contributed by atoms with van der Waals surface area (Å²) in [4.78, 5) is 23.2. The Bertz CT molecular complexity index is 677. The summed E-state index contributed by atoms with van der Waals surface area (Å²) in [6.45, 7) is 2.15. The molecule has 1 aromatic carbocycles. The molecule has 0 bridgehead atoms. The van der Waals surface area contributed by atoms with Gasteiger partial charge in [0.05, 0.1) is 4.90 Å². The lowest BCUT2D eigenvalue weighted by Crippen LogP contribution is -2.46. The van der Waals surface area contributed by atoms with Crippen molar-refractivity contribution in [3.05, 3.63) is 24.3 Å². The second-order valence-electron chi connectivity index (χ2n) is 5.05. The molecule has 9 nitrogen and oxygen atoms in total. The first-order valence-corrected chi connectivity index (χ1v) is 8.95. The first-order valence-electron chi connectivity index (χ1n) is 7.46. The van der Waals surface area contributed by atoms with Crippen molar-refractivity contribution in [3.8, 4) is 0 Å². The Morgan fingerprint density at radius 1 is 1.29 bits per heavy atom. The van der Waals surface area contributed by atoms with E-state index in [0.29, 0.717) is 18.5 Å². The number of benzene rings is 1. The van der Waals surface area contributed by atoms with Gasteiger partial charge in [-0.15, -0.1) is 0 Å². The van der Waals surface area contributed by atoms with Crippen LogP contribution in [-0.4, -0.2) is 39.5 Å². The first-order chi connectivity index (χ1) is 11.3. The van der Waals surface area contributed by atoms with Crippen LogP contribution in [0.4, 0.5) is 10.5 Å². The number of urea groups is 1. The Hall–Kier alpha value is -2.17. The van der Waals surface area contributed by atoms with Crippen LogP contribution in [0.25, 0.3) is 0 Å². The summed E-state index contributed by atoms with van der Waals surface area (Å²) in [6, 6.07) is 4.19. The molecule has 3 amide bonds. The van der Waals surface area contributed by atoms with E-state index in [9.17, 15) is 18.0 Å². The Labute approximate surface area is 141 Å². The molecule has 0 spiro atoms. The number of primary amides is 1. The summed E-state index contributed by atoms with van der Waals surface area (Å²) >= 11 is 0. The molecule has 0 aliphatic heterocycles. The molecule has 7 N–H and O–H groups in total. The molecule has 0 fully saturated rings. The fraction of sp³-hybridized carbons (Fsp3) is 0.429. The van der Waals surface area contributed by atoms with Crippen LogP contribution in [0.1, 0.15) is 19.8 Å². The molecule has 134 valence electrons. The van der Waals surface area contributed by atoms with E-state index < -0.39 is 28.0 Å². The predicted octanol–water partition coefficient (Wildman–Crippen LogP) is -0.301. The zero-order valence-corrected chi connectivity index (χ0v) is 14.2. The van der Waals surface area contributed by atoms with E-state index >= 15 is 0 Å². The van der Waals surface area contributed by atoms with Crippen molar-refractivity contribution in [3.63, 3.8) is 0 Å². The van der Waals surface area contributed by atoms with Crippen LogP contribution in [0, 0.1) is 0 Å². The molecule has 0 unspecified atom stereocenters. The number of carbonyl (C=O) groups is 2. The topological polar surface area (TPSA) is 156 Å². The van der Waals surface area contributed by atoms with Gasteiger partial charge in [0, 0.05) is 18.8 Å². The highest BCUT2D eigenvalue weighted by molar-refractivity contribution is 7.89. The third kappa shape index (κ3) is 6.14. The molecule has 0 heterocycles. The van der Waals surface area contributed by atoms with Crippen molar-refractivity contribution < 1.29 is 18.0 Å². The van der Waals surface area contributed by atoms with E-state index in [1.165, 1.54) is 18.2 Å². The number of nitrogens with two attached hydrogens (primary N) is 2. The summed E-state index contributed by atoms with van der Waals surface area (Å²) < 4.78 is 26.5. The first kappa shape index (κ1) is 19.9. The van der Waals surface area contributed by atoms with Gasteiger partial charge in [-0.2, -0.15) is 0 Å². The van der Waals surface area contributed by atoms with Crippen LogP contribution in [0.5, 0.6) is 0 Å². The van der Waals surface area contributed by atoms with E-state index in [4.69, 9.17) is 11.5 Å². The van der Waals surface area contributed by atoms with Gasteiger partial charge in [-0.05, 0) is 24.6 Å². The van der Waals surface area contributed by atoms with Gasteiger partial charge >= 0.3 is 6.03 Å². The lowest BCUT2D eigenvalue weighted by atomic mass is 10.1. The van der Waals surface area contributed by atoms with Crippen molar-refractivity contribution in [1.29, 1.82) is 0 Å². The fourth-order valence-electron chi connectivity index (χ4n) is 1.98. The van der Waals surface area contributed by atoms with Gasteiger partial charge in [0.2, 0.25) is 15.9 Å². The molecule has 0 aromatic heterocycles. The molecule has 1 atom stereocenters. The number of rotatable bonds is 9. The van der Waals surface area contributed by atoms with Crippen LogP contribution >= 0.6 is 0 Å². The zero-order valence-electron chi connectivity index (χ0n) is 13.4. The second-order valence-corrected chi connectivity index (χ2v) is 6.82. The highest BCUT2D eigenvalue weighted by atomic mass is 32.2. The number of amides is 3. The van der Waals surface area contributed by atoms with Gasteiger partial charge in [-0.25, -0.2) is 17.9 Å².